The number of hydrogen-bond donors (Lipinski definition) is 1. The number of carbonyl (C=O) groups excluding carboxylic acids is 2. The first-order valence-electron chi connectivity index (χ1n) is 7.92. The average Bonchev–Trinajstić information content (AvgIpc) is 3.18. The minimum atomic E-state index is -0.398. The Bertz CT molecular complexity index is 906. The molecule has 0 bridgehead atoms. The number of thiophene rings is 1. The Morgan fingerprint density at radius 2 is 1.88 bits per heavy atom. The number of nitrogens with one attached hydrogen (secondary N) is 1. The Morgan fingerprint density at radius 3 is 2.65 bits per heavy atom. The largest absolute Gasteiger partial charge is 0.422 e. The molecule has 0 fully saturated rings. The molecule has 130 valence electrons. The van der Waals surface area contributed by atoms with Gasteiger partial charge in [0.2, 0.25) is 5.91 Å². The van der Waals surface area contributed by atoms with Crippen LogP contribution in [0.2, 0.25) is 0 Å². The fourth-order valence-corrected chi connectivity index (χ4v) is 2.81. The highest BCUT2D eigenvalue weighted by Gasteiger charge is 2.09. The van der Waals surface area contributed by atoms with Crippen LogP contribution in [0.4, 0.5) is 0 Å². The summed E-state index contributed by atoms with van der Waals surface area (Å²) in [5.41, 5.74) is 4.12. The maximum Gasteiger partial charge on any atom is 0.353 e. The second-order valence-corrected chi connectivity index (χ2v) is 6.34. The van der Waals surface area contributed by atoms with Gasteiger partial charge in [-0.2, -0.15) is 5.10 Å². The summed E-state index contributed by atoms with van der Waals surface area (Å²) in [5.74, 6) is -0.180. The van der Waals surface area contributed by atoms with Crippen LogP contribution in [-0.2, 0) is 11.2 Å². The van der Waals surface area contributed by atoms with Gasteiger partial charge < -0.3 is 4.74 Å². The second-order valence-electron chi connectivity index (χ2n) is 5.39. The van der Waals surface area contributed by atoms with E-state index < -0.39 is 5.97 Å². The molecule has 0 unspecified atom stereocenters. The van der Waals surface area contributed by atoms with E-state index in [1.54, 1.807) is 36.4 Å². The van der Waals surface area contributed by atoms with Gasteiger partial charge in [0.05, 0.1) is 12.6 Å². The zero-order valence-corrected chi connectivity index (χ0v) is 14.6. The Hall–Kier alpha value is -3.25. The lowest BCUT2D eigenvalue weighted by molar-refractivity contribution is -0.120. The van der Waals surface area contributed by atoms with Gasteiger partial charge in [-0.3, -0.25) is 4.79 Å². The van der Waals surface area contributed by atoms with Crippen LogP contribution in [0.25, 0.3) is 0 Å². The molecule has 1 aromatic heterocycles. The summed E-state index contributed by atoms with van der Waals surface area (Å²) in [6.07, 6.45) is 1.77. The third-order valence-electron chi connectivity index (χ3n) is 3.40. The summed E-state index contributed by atoms with van der Waals surface area (Å²) in [7, 11) is 0. The molecule has 3 rings (SSSR count). The van der Waals surface area contributed by atoms with E-state index in [2.05, 4.69) is 10.5 Å². The number of amides is 1. The van der Waals surface area contributed by atoms with Crippen molar-refractivity contribution < 1.29 is 14.3 Å². The molecule has 1 heterocycles. The fraction of sp³-hybridized carbons (Fsp3) is 0.0500. The lowest BCUT2D eigenvalue weighted by atomic mass is 10.1. The highest BCUT2D eigenvalue weighted by molar-refractivity contribution is 7.12. The highest BCUT2D eigenvalue weighted by atomic mass is 32.1. The van der Waals surface area contributed by atoms with E-state index in [9.17, 15) is 9.59 Å². The minimum absolute atomic E-state index is 0.201. The Labute approximate surface area is 154 Å². The smallest absolute Gasteiger partial charge is 0.353 e. The van der Waals surface area contributed by atoms with Gasteiger partial charge in [0.25, 0.3) is 0 Å². The van der Waals surface area contributed by atoms with Crippen molar-refractivity contribution >= 4 is 29.4 Å². The Morgan fingerprint density at radius 1 is 1.04 bits per heavy atom. The van der Waals surface area contributed by atoms with E-state index in [0.717, 1.165) is 5.56 Å². The molecular formula is C20H16N2O3S. The van der Waals surface area contributed by atoms with Gasteiger partial charge in [0, 0.05) is 0 Å². The maximum atomic E-state index is 12.0. The lowest BCUT2D eigenvalue weighted by Gasteiger charge is -2.03. The van der Waals surface area contributed by atoms with Crippen molar-refractivity contribution in [2.24, 2.45) is 5.10 Å². The summed E-state index contributed by atoms with van der Waals surface area (Å²) in [6, 6.07) is 19.9. The van der Waals surface area contributed by atoms with E-state index in [1.807, 2.05) is 35.7 Å². The standard InChI is InChI=1S/C20H16N2O3S/c23-19(13-15-6-2-1-3-7-15)22-21-14-16-8-4-9-17(12-16)25-20(24)18-10-5-11-26-18/h1-12,14H,13H2,(H,22,23)/b21-14-. The van der Waals surface area contributed by atoms with Gasteiger partial charge in [-0.25, -0.2) is 10.2 Å². The molecule has 0 aliphatic carbocycles. The molecule has 1 N–H and O–H groups in total. The van der Waals surface area contributed by atoms with Crippen LogP contribution >= 0.6 is 11.3 Å². The number of rotatable bonds is 6. The molecule has 26 heavy (non-hydrogen) atoms. The van der Waals surface area contributed by atoms with Gasteiger partial charge in [0.1, 0.15) is 10.6 Å². The fourth-order valence-electron chi connectivity index (χ4n) is 2.21. The average molecular weight is 364 g/mol. The van der Waals surface area contributed by atoms with Gasteiger partial charge in [0.15, 0.2) is 0 Å². The van der Waals surface area contributed by atoms with Crippen LogP contribution < -0.4 is 10.2 Å². The molecular weight excluding hydrogens is 348 g/mol. The first-order chi connectivity index (χ1) is 12.7. The summed E-state index contributed by atoms with van der Waals surface area (Å²) in [5, 5.41) is 5.76. The van der Waals surface area contributed by atoms with Crippen LogP contribution in [0.5, 0.6) is 5.75 Å². The van der Waals surface area contributed by atoms with E-state index in [0.29, 0.717) is 16.2 Å². The van der Waals surface area contributed by atoms with E-state index in [-0.39, 0.29) is 12.3 Å². The first kappa shape index (κ1) is 17.6. The third-order valence-corrected chi connectivity index (χ3v) is 4.25. The predicted octanol–water partition coefficient (Wildman–Crippen LogP) is 3.66. The van der Waals surface area contributed by atoms with Gasteiger partial charge in [-0.15, -0.1) is 11.3 Å². The van der Waals surface area contributed by atoms with Crippen LogP contribution in [0.15, 0.2) is 77.2 Å². The Kier molecular flexibility index (Phi) is 5.90. The van der Waals surface area contributed by atoms with Crippen molar-refractivity contribution in [3.8, 4) is 5.75 Å². The molecule has 1 amide bonds. The van der Waals surface area contributed by atoms with Crippen LogP contribution in [0.1, 0.15) is 20.8 Å². The topological polar surface area (TPSA) is 67.8 Å². The molecule has 0 aliphatic rings. The molecule has 0 saturated carbocycles. The van der Waals surface area contributed by atoms with Crippen LogP contribution in [0.3, 0.4) is 0 Å². The first-order valence-corrected chi connectivity index (χ1v) is 8.80. The summed E-state index contributed by atoms with van der Waals surface area (Å²) in [6.45, 7) is 0. The highest BCUT2D eigenvalue weighted by Crippen LogP contribution is 2.16. The zero-order chi connectivity index (χ0) is 18.2. The van der Waals surface area contributed by atoms with Crippen molar-refractivity contribution in [1.29, 1.82) is 0 Å². The zero-order valence-electron chi connectivity index (χ0n) is 13.8. The van der Waals surface area contributed by atoms with Crippen LogP contribution in [-0.4, -0.2) is 18.1 Å². The molecule has 6 heteroatoms. The third kappa shape index (κ3) is 5.12. The van der Waals surface area contributed by atoms with E-state index >= 15 is 0 Å². The van der Waals surface area contributed by atoms with Gasteiger partial charge in [-0.1, -0.05) is 48.5 Å². The number of hydrogen-bond acceptors (Lipinski definition) is 5. The molecule has 0 atom stereocenters. The van der Waals surface area contributed by atoms with E-state index in [1.165, 1.54) is 17.6 Å². The number of nitrogens with zero attached hydrogens (tertiary/aromatic N) is 1. The number of hydrazone groups is 1. The summed E-state index contributed by atoms with van der Waals surface area (Å²) in [4.78, 5) is 24.4. The van der Waals surface area contributed by atoms with Crippen molar-refractivity contribution in [3.05, 3.63) is 88.1 Å². The minimum Gasteiger partial charge on any atom is -0.422 e. The molecule has 2 aromatic carbocycles. The number of esters is 1. The van der Waals surface area contributed by atoms with Crippen molar-refractivity contribution in [1.82, 2.24) is 5.43 Å². The maximum absolute atomic E-state index is 12.0. The number of carbonyl (C=O) groups is 2. The molecule has 0 radical (unpaired) electrons. The molecule has 0 saturated heterocycles. The summed E-state index contributed by atoms with van der Waals surface area (Å²) >= 11 is 1.32. The Balaban J connectivity index is 1.55. The monoisotopic (exact) mass is 364 g/mol. The molecule has 0 spiro atoms. The van der Waals surface area contributed by atoms with Crippen molar-refractivity contribution in [2.45, 2.75) is 6.42 Å². The SMILES string of the molecule is O=C(Cc1ccccc1)N/N=C\c1cccc(OC(=O)c2cccs2)c1. The van der Waals surface area contributed by atoms with Crippen LogP contribution in [0, 0.1) is 0 Å². The van der Waals surface area contributed by atoms with Gasteiger partial charge in [-0.05, 0) is 34.7 Å². The molecule has 0 aliphatic heterocycles. The van der Waals surface area contributed by atoms with Crippen molar-refractivity contribution in [2.75, 3.05) is 0 Å². The number of ether oxygens (including phenoxy) is 1. The lowest BCUT2D eigenvalue weighted by Crippen LogP contribution is -2.19. The quantitative estimate of drug-likeness (QED) is 0.314. The molecule has 3 aromatic rings. The normalized spacial score (nSPS) is 10.6. The second kappa shape index (κ2) is 8.73. The summed E-state index contributed by atoms with van der Waals surface area (Å²) < 4.78 is 5.33. The van der Waals surface area contributed by atoms with Gasteiger partial charge >= 0.3 is 5.97 Å². The predicted molar refractivity (Wildman–Crippen MR) is 102 cm³/mol. The van der Waals surface area contributed by atoms with Crippen molar-refractivity contribution in [3.63, 3.8) is 0 Å². The van der Waals surface area contributed by atoms with E-state index in [4.69, 9.17) is 4.74 Å². The number of benzene rings is 2. The molecule has 5 nitrogen and oxygen atoms in total.